The van der Waals surface area contributed by atoms with Crippen molar-refractivity contribution in [3.8, 4) is 0 Å². The first-order valence-electron chi connectivity index (χ1n) is 11.2. The maximum absolute atomic E-state index is 4.21. The zero-order valence-electron chi connectivity index (χ0n) is 19.7. The average Bonchev–Trinajstić information content (AvgIpc) is 3.70. The third-order valence-corrected chi connectivity index (χ3v) is 4.97. The molecule has 0 bridgehead atoms. The summed E-state index contributed by atoms with van der Waals surface area (Å²) in [6.45, 7) is 2.46. The number of rotatable bonds is 8. The minimum atomic E-state index is 0. The van der Waals surface area contributed by atoms with Crippen LogP contribution in [-0.2, 0) is 46.3 Å². The first kappa shape index (κ1) is 25.8. The van der Waals surface area contributed by atoms with Gasteiger partial charge in [0, 0.05) is 43.7 Å². The Morgan fingerprint density at radius 2 is 0.973 bits per heavy atom. The van der Waals surface area contributed by atoms with Crippen molar-refractivity contribution >= 4 is 0 Å². The van der Waals surface area contributed by atoms with Gasteiger partial charge in [0.15, 0.2) is 0 Å². The first-order valence-corrected chi connectivity index (χ1v) is 11.2. The molecule has 0 radical (unpaired) electrons. The molecule has 6 aromatic heterocycles. The SMILES string of the molecule is [Ir+3].[c-]1c(Cn2[c-]ccc2)ncnc1Cn1cccn1.[c-]1c(Cn2cccn2)ncnc1Cn1cccn1. The molecular weight excluding hydrogens is 647 g/mol. The summed E-state index contributed by atoms with van der Waals surface area (Å²) in [6, 6.07) is 15.8. The first-order chi connectivity index (χ1) is 17.8. The summed E-state index contributed by atoms with van der Waals surface area (Å²) in [5.41, 5.74) is 3.31. The molecule has 0 saturated heterocycles. The molecule has 0 saturated carbocycles. The molecule has 0 aliphatic rings. The number of hydrogen-bond acceptors (Lipinski definition) is 7. The van der Waals surface area contributed by atoms with Gasteiger partial charge in [0.25, 0.3) is 0 Å². The molecular formula is C25H22IrN11. The zero-order valence-corrected chi connectivity index (χ0v) is 22.1. The molecule has 6 heterocycles. The Bertz CT molecular complexity index is 1210. The molecule has 0 unspecified atom stereocenters. The van der Waals surface area contributed by atoms with E-state index in [1.54, 1.807) is 40.6 Å². The molecule has 0 spiro atoms. The van der Waals surface area contributed by atoms with Crippen LogP contribution in [0.1, 0.15) is 22.8 Å². The Morgan fingerprint density at radius 1 is 0.541 bits per heavy atom. The fourth-order valence-electron chi connectivity index (χ4n) is 3.35. The van der Waals surface area contributed by atoms with Gasteiger partial charge in [0.1, 0.15) is 12.7 Å². The van der Waals surface area contributed by atoms with Crippen LogP contribution in [0, 0.1) is 18.3 Å². The predicted octanol–water partition coefficient (Wildman–Crippen LogP) is 1.94. The van der Waals surface area contributed by atoms with E-state index in [2.05, 4.69) is 53.6 Å². The van der Waals surface area contributed by atoms with Crippen LogP contribution in [0.25, 0.3) is 0 Å². The van der Waals surface area contributed by atoms with Crippen molar-refractivity contribution in [2.24, 2.45) is 0 Å². The molecule has 37 heavy (non-hydrogen) atoms. The van der Waals surface area contributed by atoms with Crippen molar-refractivity contribution in [1.29, 1.82) is 0 Å². The number of aromatic nitrogens is 11. The van der Waals surface area contributed by atoms with Crippen molar-refractivity contribution in [1.82, 2.24) is 53.8 Å². The van der Waals surface area contributed by atoms with E-state index in [0.717, 1.165) is 22.8 Å². The zero-order chi connectivity index (χ0) is 24.4. The monoisotopic (exact) mass is 669 g/mol. The molecule has 0 N–H and O–H groups in total. The molecule has 0 aliphatic heterocycles. The fraction of sp³-hybridized carbons (Fsp3) is 0.160. The van der Waals surface area contributed by atoms with Crippen molar-refractivity contribution in [2.75, 3.05) is 0 Å². The second kappa shape index (κ2) is 13.1. The normalized spacial score (nSPS) is 10.4. The third kappa shape index (κ3) is 7.86. The minimum Gasteiger partial charge on any atom is -0.469 e. The smallest absolute Gasteiger partial charge is 0.469 e. The van der Waals surface area contributed by atoms with Gasteiger partial charge in [-0.15, -0.1) is 35.2 Å². The molecule has 0 fully saturated rings. The molecule has 12 heteroatoms. The van der Waals surface area contributed by atoms with E-state index >= 15 is 0 Å². The molecule has 0 amide bonds. The summed E-state index contributed by atoms with van der Waals surface area (Å²) in [4.78, 5) is 16.8. The van der Waals surface area contributed by atoms with Crippen molar-refractivity contribution < 1.29 is 20.1 Å². The van der Waals surface area contributed by atoms with Crippen LogP contribution in [0.4, 0.5) is 0 Å². The van der Waals surface area contributed by atoms with Gasteiger partial charge in [-0.05, 0) is 18.2 Å². The summed E-state index contributed by atoms with van der Waals surface area (Å²) in [7, 11) is 0. The van der Waals surface area contributed by atoms with E-state index in [0.29, 0.717) is 26.2 Å². The Morgan fingerprint density at radius 3 is 1.32 bits per heavy atom. The van der Waals surface area contributed by atoms with Crippen molar-refractivity contribution in [2.45, 2.75) is 26.2 Å². The average molecular weight is 669 g/mol. The van der Waals surface area contributed by atoms with Gasteiger partial charge in [-0.25, -0.2) is 0 Å². The molecule has 186 valence electrons. The van der Waals surface area contributed by atoms with Gasteiger partial charge in [-0.1, -0.05) is 0 Å². The van der Waals surface area contributed by atoms with E-state index in [-0.39, 0.29) is 20.1 Å². The van der Waals surface area contributed by atoms with Crippen molar-refractivity contribution in [3.63, 3.8) is 0 Å². The van der Waals surface area contributed by atoms with Crippen LogP contribution >= 0.6 is 0 Å². The summed E-state index contributed by atoms with van der Waals surface area (Å²) >= 11 is 0. The minimum absolute atomic E-state index is 0. The quantitative estimate of drug-likeness (QED) is 0.228. The van der Waals surface area contributed by atoms with Crippen LogP contribution in [0.2, 0.25) is 0 Å². The number of nitrogens with zero attached hydrogens (tertiary/aromatic N) is 11. The standard InChI is InChI=1S/C13H11N5.C12H11N6.Ir/c1-2-6-17(5-1)9-12-8-13(15-11-14-12)10-18-7-3-4-16-18;1-3-15-17(5-1)8-11-7-12(14-10-13-11)9-18-6-2-4-16-18;/h1-5,7,11H,9-10H2;1-6,10H,8-9H2;/q-2;-1;+3. The third-order valence-electron chi connectivity index (χ3n) is 4.97. The fourth-order valence-corrected chi connectivity index (χ4v) is 3.35. The van der Waals surface area contributed by atoms with Crippen molar-refractivity contribution in [3.05, 3.63) is 127 Å². The molecule has 0 aromatic carbocycles. The maximum Gasteiger partial charge on any atom is 3.00 e. The summed E-state index contributed by atoms with van der Waals surface area (Å²) < 4.78 is 7.34. The topological polar surface area (TPSA) is 110 Å². The molecule has 0 atom stereocenters. The maximum atomic E-state index is 4.21. The summed E-state index contributed by atoms with van der Waals surface area (Å²) in [5.74, 6) is 0. The largest absolute Gasteiger partial charge is 3.00 e. The summed E-state index contributed by atoms with van der Waals surface area (Å²) in [5, 5.41) is 12.4. The molecule has 11 nitrogen and oxygen atoms in total. The molecule has 6 aromatic rings. The number of hydrogen-bond donors (Lipinski definition) is 0. The molecule has 6 rings (SSSR count). The van der Waals surface area contributed by atoms with E-state index in [1.165, 1.54) is 0 Å². The van der Waals surface area contributed by atoms with Crippen LogP contribution in [0.3, 0.4) is 0 Å². The van der Waals surface area contributed by atoms with Gasteiger partial charge in [-0.2, -0.15) is 27.4 Å². The van der Waals surface area contributed by atoms with E-state index in [4.69, 9.17) is 0 Å². The van der Waals surface area contributed by atoms with Crippen LogP contribution in [0.15, 0.2) is 86.4 Å². The van der Waals surface area contributed by atoms with Crippen LogP contribution in [-0.4, -0.2) is 53.8 Å². The molecule has 0 aliphatic carbocycles. The Kier molecular flexibility index (Phi) is 9.17. The Balaban J connectivity index is 0.000000168. The second-order valence-electron chi connectivity index (χ2n) is 7.66. The second-order valence-corrected chi connectivity index (χ2v) is 7.66. The van der Waals surface area contributed by atoms with Crippen LogP contribution < -0.4 is 0 Å². The Hall–Kier alpha value is -4.28. The van der Waals surface area contributed by atoms with E-state index in [9.17, 15) is 0 Å². The predicted molar refractivity (Wildman–Crippen MR) is 128 cm³/mol. The van der Waals surface area contributed by atoms with Crippen LogP contribution in [0.5, 0.6) is 0 Å². The Labute approximate surface area is 227 Å². The van der Waals surface area contributed by atoms with Gasteiger partial charge in [0.05, 0.1) is 19.6 Å². The van der Waals surface area contributed by atoms with Gasteiger partial charge < -0.3 is 16.7 Å². The van der Waals surface area contributed by atoms with Gasteiger partial charge in [-0.3, -0.25) is 34.0 Å². The van der Waals surface area contributed by atoms with E-state index < -0.39 is 0 Å². The van der Waals surface area contributed by atoms with Gasteiger partial charge in [0.2, 0.25) is 0 Å². The van der Waals surface area contributed by atoms with E-state index in [1.807, 2.05) is 64.4 Å². The summed E-state index contributed by atoms with van der Waals surface area (Å²) in [6.07, 6.45) is 19.0. The van der Waals surface area contributed by atoms with Gasteiger partial charge >= 0.3 is 20.1 Å².